The van der Waals surface area contributed by atoms with Crippen LogP contribution in [0.2, 0.25) is 5.02 Å². The number of hydrogen-bond donors (Lipinski definition) is 1. The van der Waals surface area contributed by atoms with Gasteiger partial charge in [0.25, 0.3) is 0 Å². The van der Waals surface area contributed by atoms with Crippen LogP contribution in [-0.4, -0.2) is 11.5 Å². The topological polar surface area (TPSA) is 70.1 Å². The monoisotopic (exact) mass is 455 g/mol. The molecule has 7 heteroatoms. The third kappa shape index (κ3) is 3.35. The van der Waals surface area contributed by atoms with E-state index in [0.29, 0.717) is 28.4 Å². The van der Waals surface area contributed by atoms with Gasteiger partial charge in [-0.25, -0.2) is 0 Å². The first-order valence-electron chi connectivity index (χ1n) is 9.91. The summed E-state index contributed by atoms with van der Waals surface area (Å²) in [5.74, 6) is 1.02. The van der Waals surface area contributed by atoms with E-state index >= 15 is 0 Å². The lowest BCUT2D eigenvalue weighted by Crippen LogP contribution is -2.39. The van der Waals surface area contributed by atoms with Gasteiger partial charge in [-0.05, 0) is 54.7 Å². The number of halogens is 1. The summed E-state index contributed by atoms with van der Waals surface area (Å²) in [4.78, 5) is 17.3. The Morgan fingerprint density at radius 3 is 2.90 bits per heavy atom. The summed E-state index contributed by atoms with van der Waals surface area (Å²) in [5.41, 5.74) is 10.4. The van der Waals surface area contributed by atoms with Crippen LogP contribution in [0.5, 0.6) is 0 Å². The lowest BCUT2D eigenvalue weighted by Gasteiger charge is -2.40. The van der Waals surface area contributed by atoms with E-state index in [1.165, 1.54) is 0 Å². The molecule has 0 bridgehead atoms. The third-order valence-electron chi connectivity index (χ3n) is 5.61. The van der Waals surface area contributed by atoms with Crippen LogP contribution in [0.25, 0.3) is 0 Å². The molecule has 1 unspecified atom stereocenters. The summed E-state index contributed by atoms with van der Waals surface area (Å²) in [6, 6.07) is 10.1. The van der Waals surface area contributed by atoms with Crippen molar-refractivity contribution in [1.82, 2.24) is 0 Å². The van der Waals surface area contributed by atoms with E-state index in [1.807, 2.05) is 35.4 Å². The van der Waals surface area contributed by atoms with Crippen molar-refractivity contribution in [2.75, 3.05) is 10.7 Å². The van der Waals surface area contributed by atoms with E-state index in [1.54, 1.807) is 23.1 Å². The maximum atomic E-state index is 13.2. The first kappa shape index (κ1) is 21.0. The lowest BCUT2D eigenvalue weighted by atomic mass is 9.78. The number of ketones is 1. The van der Waals surface area contributed by atoms with Crippen molar-refractivity contribution in [3.63, 3.8) is 0 Å². The molecule has 2 heterocycles. The highest BCUT2D eigenvalue weighted by Gasteiger charge is 2.41. The van der Waals surface area contributed by atoms with Crippen LogP contribution >= 0.6 is 34.7 Å². The molecule has 0 amide bonds. The van der Waals surface area contributed by atoms with E-state index in [0.717, 1.165) is 45.3 Å². The zero-order valence-electron chi connectivity index (χ0n) is 16.9. The quantitative estimate of drug-likeness (QED) is 0.561. The van der Waals surface area contributed by atoms with Gasteiger partial charge >= 0.3 is 0 Å². The molecule has 4 nitrogen and oxygen atoms in total. The number of Topliss-reactive ketones (excluding diaryl/α,β-unsaturated/α-hetero) is 1. The molecular weight excluding hydrogens is 434 g/mol. The van der Waals surface area contributed by atoms with Crippen LogP contribution in [-0.2, 0) is 4.79 Å². The number of thioether (sulfide) groups is 1. The van der Waals surface area contributed by atoms with Crippen molar-refractivity contribution in [1.29, 1.82) is 5.26 Å². The normalized spacial score (nSPS) is 19.2. The average Bonchev–Trinajstić information content (AvgIpc) is 3.18. The SMILES string of the molecule is CCSc1ccsc1C1C(C#N)=C(N)N(c2cccc(Cl)c2C)C2=C1C(=O)CCC2. The number of anilines is 1. The van der Waals surface area contributed by atoms with Crippen LogP contribution in [0.1, 0.15) is 42.5 Å². The molecule has 1 atom stereocenters. The maximum Gasteiger partial charge on any atom is 0.161 e. The van der Waals surface area contributed by atoms with Gasteiger partial charge in [0.2, 0.25) is 0 Å². The Morgan fingerprint density at radius 1 is 1.37 bits per heavy atom. The second-order valence-corrected chi connectivity index (χ2v) is 9.94. The summed E-state index contributed by atoms with van der Waals surface area (Å²) < 4.78 is 0. The van der Waals surface area contributed by atoms with Crippen molar-refractivity contribution >= 4 is 46.2 Å². The zero-order valence-corrected chi connectivity index (χ0v) is 19.3. The predicted octanol–water partition coefficient (Wildman–Crippen LogP) is 6.13. The molecular formula is C23H22ClN3OS2. The molecule has 0 saturated carbocycles. The van der Waals surface area contributed by atoms with Gasteiger partial charge < -0.3 is 5.73 Å². The molecule has 154 valence electrons. The molecule has 0 spiro atoms. The molecule has 4 rings (SSSR count). The zero-order chi connectivity index (χ0) is 21.4. The number of carbonyl (C=O) groups excluding carboxylic acids is 1. The largest absolute Gasteiger partial charge is 0.384 e. The predicted molar refractivity (Wildman–Crippen MR) is 125 cm³/mol. The van der Waals surface area contributed by atoms with Gasteiger partial charge in [0.15, 0.2) is 5.78 Å². The van der Waals surface area contributed by atoms with Crippen molar-refractivity contribution in [2.45, 2.75) is 43.9 Å². The molecule has 30 heavy (non-hydrogen) atoms. The minimum absolute atomic E-state index is 0.104. The summed E-state index contributed by atoms with van der Waals surface area (Å²) in [7, 11) is 0. The molecule has 1 aromatic carbocycles. The summed E-state index contributed by atoms with van der Waals surface area (Å²) in [6.07, 6.45) is 2.01. The fraction of sp³-hybridized carbons (Fsp3) is 0.304. The van der Waals surface area contributed by atoms with Gasteiger partial charge in [0.1, 0.15) is 5.82 Å². The van der Waals surface area contributed by atoms with Crippen molar-refractivity contribution in [3.05, 3.63) is 67.8 Å². The Labute approximate surface area is 190 Å². The number of nitriles is 1. The second kappa shape index (κ2) is 8.50. The number of nitrogens with two attached hydrogens (primary N) is 1. The van der Waals surface area contributed by atoms with Gasteiger partial charge in [-0.1, -0.05) is 24.6 Å². The smallest absolute Gasteiger partial charge is 0.161 e. The second-order valence-electron chi connectivity index (χ2n) is 7.28. The Balaban J connectivity index is 1.99. The van der Waals surface area contributed by atoms with Crippen molar-refractivity contribution in [2.24, 2.45) is 5.73 Å². The number of benzene rings is 1. The fourth-order valence-electron chi connectivity index (χ4n) is 4.26. The number of thiophene rings is 1. The molecule has 0 radical (unpaired) electrons. The number of nitrogens with zero attached hydrogens (tertiary/aromatic N) is 2. The highest BCUT2D eigenvalue weighted by molar-refractivity contribution is 7.99. The third-order valence-corrected chi connectivity index (χ3v) is 8.09. The van der Waals surface area contributed by atoms with Gasteiger partial charge in [0, 0.05) is 32.5 Å². The van der Waals surface area contributed by atoms with E-state index in [4.69, 9.17) is 17.3 Å². The van der Waals surface area contributed by atoms with Crippen LogP contribution in [0, 0.1) is 18.3 Å². The molecule has 2 N–H and O–H groups in total. The van der Waals surface area contributed by atoms with E-state index < -0.39 is 5.92 Å². The first-order valence-corrected chi connectivity index (χ1v) is 12.1. The number of carbonyl (C=O) groups is 1. The molecule has 2 aromatic rings. The number of rotatable bonds is 4. The Kier molecular flexibility index (Phi) is 5.97. The molecule has 1 aliphatic carbocycles. The van der Waals surface area contributed by atoms with E-state index in [-0.39, 0.29) is 5.78 Å². The molecule has 0 fully saturated rings. The van der Waals surface area contributed by atoms with Crippen molar-refractivity contribution in [3.8, 4) is 6.07 Å². The highest BCUT2D eigenvalue weighted by Crippen LogP contribution is 2.50. The van der Waals surface area contributed by atoms with E-state index in [2.05, 4.69) is 19.1 Å². The Bertz CT molecular complexity index is 1130. The number of allylic oxidation sites excluding steroid dienone is 3. The summed E-state index contributed by atoms with van der Waals surface area (Å²) >= 11 is 9.71. The van der Waals surface area contributed by atoms with E-state index in [9.17, 15) is 10.1 Å². The highest BCUT2D eigenvalue weighted by atomic mass is 35.5. The van der Waals surface area contributed by atoms with Gasteiger partial charge in [-0.3, -0.25) is 9.69 Å². The summed E-state index contributed by atoms with van der Waals surface area (Å²) in [6.45, 7) is 4.03. The van der Waals surface area contributed by atoms with Crippen LogP contribution in [0.15, 0.2) is 57.2 Å². The molecule has 1 aromatic heterocycles. The number of hydrogen-bond acceptors (Lipinski definition) is 6. The Hall–Kier alpha value is -2.20. The fourth-order valence-corrected chi connectivity index (χ4v) is 6.48. The summed E-state index contributed by atoms with van der Waals surface area (Å²) in [5, 5.41) is 12.8. The molecule has 1 aliphatic heterocycles. The molecule has 2 aliphatic rings. The van der Waals surface area contributed by atoms with Crippen LogP contribution < -0.4 is 10.6 Å². The van der Waals surface area contributed by atoms with Crippen LogP contribution in [0.4, 0.5) is 5.69 Å². The van der Waals surface area contributed by atoms with Gasteiger partial charge in [-0.2, -0.15) is 5.26 Å². The van der Waals surface area contributed by atoms with Gasteiger partial charge in [0.05, 0.1) is 23.2 Å². The minimum Gasteiger partial charge on any atom is -0.384 e. The lowest BCUT2D eigenvalue weighted by molar-refractivity contribution is -0.116. The van der Waals surface area contributed by atoms with Crippen molar-refractivity contribution < 1.29 is 4.79 Å². The first-order chi connectivity index (χ1) is 14.5. The Morgan fingerprint density at radius 2 is 2.17 bits per heavy atom. The average molecular weight is 456 g/mol. The standard InChI is InChI=1S/C23H22ClN3OS2/c1-3-29-19-10-11-30-22(19)20-14(12-25)23(26)27(16-7-4-6-15(24)13(16)2)17-8-5-9-18(28)21(17)20/h4,6-7,10-11,20H,3,5,8-9,26H2,1-2H3. The van der Waals surface area contributed by atoms with Gasteiger partial charge in [-0.15, -0.1) is 23.1 Å². The van der Waals surface area contributed by atoms with Crippen LogP contribution in [0.3, 0.4) is 0 Å². The molecule has 0 saturated heterocycles. The maximum absolute atomic E-state index is 13.2. The minimum atomic E-state index is -0.400.